The van der Waals surface area contributed by atoms with Crippen LogP contribution in [0.4, 0.5) is 0 Å². The number of rotatable bonds is 10. The van der Waals surface area contributed by atoms with Gasteiger partial charge in [-0.1, -0.05) is 60.7 Å². The molecule has 8 nitrogen and oxygen atoms in total. The predicted octanol–water partition coefficient (Wildman–Crippen LogP) is 2.87. The average molecular weight is 473 g/mol. The summed E-state index contributed by atoms with van der Waals surface area (Å²) >= 11 is 0. The second-order valence-electron chi connectivity index (χ2n) is 7.38. The van der Waals surface area contributed by atoms with E-state index in [4.69, 9.17) is 15.6 Å². The van der Waals surface area contributed by atoms with Crippen LogP contribution in [0.15, 0.2) is 66.7 Å². The van der Waals surface area contributed by atoms with Gasteiger partial charge in [0.1, 0.15) is 18.4 Å². The molecule has 33 heavy (non-hydrogen) atoms. The Morgan fingerprint density at radius 1 is 0.939 bits per heavy atom. The highest BCUT2D eigenvalue weighted by Crippen LogP contribution is 2.28. The van der Waals surface area contributed by atoms with Gasteiger partial charge in [-0.2, -0.15) is 0 Å². The SMILES string of the molecule is Cl.NC(COc1ccc2ccccc2c1C(=O)NC(CC(=O)O)C(=O)O)Cc1ccccc1. The van der Waals surface area contributed by atoms with Crippen molar-refractivity contribution in [2.24, 2.45) is 5.73 Å². The normalized spacial score (nSPS) is 12.3. The average Bonchev–Trinajstić information content (AvgIpc) is 2.77. The van der Waals surface area contributed by atoms with Gasteiger partial charge < -0.3 is 26.0 Å². The van der Waals surface area contributed by atoms with Crippen LogP contribution < -0.4 is 15.8 Å². The quantitative estimate of drug-likeness (QED) is 0.355. The van der Waals surface area contributed by atoms with Gasteiger partial charge in [0.05, 0.1) is 12.0 Å². The van der Waals surface area contributed by atoms with Crippen LogP contribution >= 0.6 is 12.4 Å². The van der Waals surface area contributed by atoms with Crippen molar-refractivity contribution in [1.82, 2.24) is 5.32 Å². The highest BCUT2D eigenvalue weighted by atomic mass is 35.5. The molecular weight excluding hydrogens is 448 g/mol. The van der Waals surface area contributed by atoms with Gasteiger partial charge in [-0.3, -0.25) is 9.59 Å². The summed E-state index contributed by atoms with van der Waals surface area (Å²) in [6, 6.07) is 18.3. The molecule has 0 aliphatic rings. The van der Waals surface area contributed by atoms with Crippen molar-refractivity contribution in [2.45, 2.75) is 24.9 Å². The van der Waals surface area contributed by atoms with Crippen LogP contribution in [0.5, 0.6) is 5.75 Å². The predicted molar refractivity (Wildman–Crippen MR) is 126 cm³/mol. The van der Waals surface area contributed by atoms with Crippen molar-refractivity contribution in [1.29, 1.82) is 0 Å². The second-order valence-corrected chi connectivity index (χ2v) is 7.38. The zero-order valence-electron chi connectivity index (χ0n) is 17.6. The molecule has 2 atom stereocenters. The molecule has 0 aromatic heterocycles. The number of halogens is 1. The molecule has 0 aliphatic carbocycles. The fourth-order valence-electron chi connectivity index (χ4n) is 3.38. The van der Waals surface area contributed by atoms with Crippen LogP contribution in [0.2, 0.25) is 0 Å². The van der Waals surface area contributed by atoms with E-state index in [0.717, 1.165) is 10.9 Å². The Morgan fingerprint density at radius 3 is 2.27 bits per heavy atom. The smallest absolute Gasteiger partial charge is 0.326 e. The number of carboxylic acid groups (broad SMARTS) is 2. The molecular formula is C24H25ClN2O6. The van der Waals surface area contributed by atoms with Gasteiger partial charge in [0.25, 0.3) is 5.91 Å². The summed E-state index contributed by atoms with van der Waals surface area (Å²) in [5.74, 6) is -3.27. The van der Waals surface area contributed by atoms with Gasteiger partial charge >= 0.3 is 11.9 Å². The summed E-state index contributed by atoms with van der Waals surface area (Å²) in [6.45, 7) is 0.130. The monoisotopic (exact) mass is 472 g/mol. The van der Waals surface area contributed by atoms with Gasteiger partial charge in [0, 0.05) is 6.04 Å². The summed E-state index contributed by atoms with van der Waals surface area (Å²) in [4.78, 5) is 35.4. The molecule has 174 valence electrons. The Balaban J connectivity index is 0.00000385. The van der Waals surface area contributed by atoms with Crippen LogP contribution in [-0.4, -0.2) is 46.7 Å². The first-order chi connectivity index (χ1) is 15.3. The summed E-state index contributed by atoms with van der Waals surface area (Å²) in [7, 11) is 0. The maximum atomic E-state index is 13.0. The van der Waals surface area contributed by atoms with Gasteiger partial charge in [-0.15, -0.1) is 12.4 Å². The van der Waals surface area contributed by atoms with Crippen molar-refractivity contribution >= 4 is 41.0 Å². The van der Waals surface area contributed by atoms with E-state index in [0.29, 0.717) is 11.8 Å². The number of nitrogens with two attached hydrogens (primary N) is 1. The maximum absolute atomic E-state index is 13.0. The number of carboxylic acids is 2. The molecule has 3 aromatic rings. The maximum Gasteiger partial charge on any atom is 0.326 e. The molecule has 0 aliphatic heterocycles. The number of aliphatic carboxylic acids is 2. The van der Waals surface area contributed by atoms with Crippen molar-refractivity contribution in [3.05, 3.63) is 77.9 Å². The van der Waals surface area contributed by atoms with Crippen molar-refractivity contribution in [3.63, 3.8) is 0 Å². The first kappa shape index (κ1) is 25.6. The number of benzene rings is 3. The largest absolute Gasteiger partial charge is 0.491 e. The second kappa shape index (κ2) is 11.8. The number of ether oxygens (including phenoxy) is 1. The van der Waals surface area contributed by atoms with Crippen LogP contribution in [0.1, 0.15) is 22.3 Å². The third kappa shape index (κ3) is 6.93. The lowest BCUT2D eigenvalue weighted by Gasteiger charge is -2.19. The van der Waals surface area contributed by atoms with E-state index in [1.807, 2.05) is 42.5 Å². The molecule has 3 rings (SSSR count). The zero-order chi connectivity index (χ0) is 23.1. The van der Waals surface area contributed by atoms with Crippen LogP contribution in [0, 0.1) is 0 Å². The van der Waals surface area contributed by atoms with Gasteiger partial charge in [-0.05, 0) is 28.8 Å². The summed E-state index contributed by atoms with van der Waals surface area (Å²) in [5.41, 5.74) is 7.38. The van der Waals surface area contributed by atoms with E-state index < -0.39 is 30.3 Å². The Labute approximate surface area is 196 Å². The molecule has 0 spiro atoms. The number of carbonyl (C=O) groups excluding carboxylic acids is 1. The lowest BCUT2D eigenvalue weighted by Crippen LogP contribution is -2.42. The van der Waals surface area contributed by atoms with Crippen molar-refractivity contribution in [3.8, 4) is 5.75 Å². The third-order valence-electron chi connectivity index (χ3n) is 4.89. The number of carbonyl (C=O) groups is 3. The topological polar surface area (TPSA) is 139 Å². The molecule has 0 saturated heterocycles. The molecule has 0 radical (unpaired) electrons. The first-order valence-electron chi connectivity index (χ1n) is 10.0. The molecule has 0 bridgehead atoms. The minimum Gasteiger partial charge on any atom is -0.491 e. The lowest BCUT2D eigenvalue weighted by atomic mass is 10.0. The Kier molecular flexibility index (Phi) is 9.20. The van der Waals surface area contributed by atoms with E-state index in [1.54, 1.807) is 24.3 Å². The van der Waals surface area contributed by atoms with E-state index in [2.05, 4.69) is 5.32 Å². The Morgan fingerprint density at radius 2 is 1.61 bits per heavy atom. The molecule has 9 heteroatoms. The van der Waals surface area contributed by atoms with Crippen LogP contribution in [0.25, 0.3) is 10.8 Å². The summed E-state index contributed by atoms with van der Waals surface area (Å²) in [6.07, 6.45) is -0.167. The van der Waals surface area contributed by atoms with Crippen LogP contribution in [0.3, 0.4) is 0 Å². The highest BCUT2D eigenvalue weighted by molar-refractivity contribution is 6.10. The van der Waals surface area contributed by atoms with Crippen molar-refractivity contribution in [2.75, 3.05) is 6.61 Å². The first-order valence-corrected chi connectivity index (χ1v) is 10.0. The molecule has 1 amide bonds. The summed E-state index contributed by atoms with van der Waals surface area (Å²) in [5, 5.41) is 21.8. The molecule has 0 fully saturated rings. The standard InChI is InChI=1S/C24H24N2O6.ClH/c25-17(12-15-6-2-1-3-7-15)14-32-20-11-10-16-8-4-5-9-18(16)22(20)23(29)26-19(24(30)31)13-21(27)28;/h1-11,17,19H,12-14,25H2,(H,26,29)(H,27,28)(H,30,31);1H. The Bertz CT molecular complexity index is 1120. The van der Waals surface area contributed by atoms with Gasteiger partial charge in [-0.25, -0.2) is 4.79 Å². The number of fused-ring (bicyclic) bond motifs is 1. The van der Waals surface area contributed by atoms with Crippen molar-refractivity contribution < 1.29 is 29.3 Å². The number of nitrogens with one attached hydrogen (secondary N) is 1. The number of hydrogen-bond acceptors (Lipinski definition) is 5. The van der Waals surface area contributed by atoms with Crippen LogP contribution in [-0.2, 0) is 16.0 Å². The number of amides is 1. The highest BCUT2D eigenvalue weighted by Gasteiger charge is 2.26. The fraction of sp³-hybridized carbons (Fsp3) is 0.208. The zero-order valence-corrected chi connectivity index (χ0v) is 18.5. The third-order valence-corrected chi connectivity index (χ3v) is 4.89. The molecule has 2 unspecified atom stereocenters. The minimum absolute atomic E-state index is 0. The molecule has 0 heterocycles. The fourth-order valence-corrected chi connectivity index (χ4v) is 3.38. The molecule has 0 saturated carbocycles. The van der Waals surface area contributed by atoms with E-state index in [9.17, 15) is 19.5 Å². The van der Waals surface area contributed by atoms with E-state index in [-0.39, 0.29) is 36.4 Å². The van der Waals surface area contributed by atoms with E-state index in [1.165, 1.54) is 0 Å². The molecule has 5 N–H and O–H groups in total. The van der Waals surface area contributed by atoms with Gasteiger partial charge in [0.2, 0.25) is 0 Å². The lowest BCUT2D eigenvalue weighted by molar-refractivity contribution is -0.145. The minimum atomic E-state index is -1.58. The number of hydrogen-bond donors (Lipinski definition) is 4. The van der Waals surface area contributed by atoms with E-state index >= 15 is 0 Å². The summed E-state index contributed by atoms with van der Waals surface area (Å²) < 4.78 is 5.87. The Hall–Kier alpha value is -3.62. The molecule has 3 aromatic carbocycles. The van der Waals surface area contributed by atoms with Gasteiger partial charge in [0.15, 0.2) is 0 Å².